The van der Waals surface area contributed by atoms with Crippen LogP contribution in [0, 0.1) is 23.6 Å². The number of pyridine rings is 1. The number of aliphatic hydroxyl groups is 1. The Balaban J connectivity index is 1.82. The number of piperidine rings is 1. The first-order valence-corrected chi connectivity index (χ1v) is 9.58. The summed E-state index contributed by atoms with van der Waals surface area (Å²) in [5.41, 5.74) is 6.84. The molecule has 0 amide bonds. The molecule has 3 rings (SSSR count). The van der Waals surface area contributed by atoms with Gasteiger partial charge in [0.1, 0.15) is 11.9 Å². The third-order valence-corrected chi connectivity index (χ3v) is 5.24. The first-order chi connectivity index (χ1) is 13.4. The summed E-state index contributed by atoms with van der Waals surface area (Å²) in [6, 6.07) is 4.27. The number of nitrogens with one attached hydrogen (secondary N) is 1. The van der Waals surface area contributed by atoms with Crippen molar-refractivity contribution in [2.24, 2.45) is 5.92 Å². The van der Waals surface area contributed by atoms with Crippen LogP contribution >= 0.6 is 23.2 Å². The van der Waals surface area contributed by atoms with Crippen molar-refractivity contribution in [2.45, 2.75) is 25.6 Å². The van der Waals surface area contributed by atoms with Crippen molar-refractivity contribution in [3.05, 3.63) is 51.4 Å². The zero-order chi connectivity index (χ0) is 20.3. The van der Waals surface area contributed by atoms with Crippen molar-refractivity contribution in [2.75, 3.05) is 18.8 Å². The van der Waals surface area contributed by atoms with E-state index in [1.54, 1.807) is 13.0 Å². The topological polar surface area (TPSA) is 80.4 Å². The maximum absolute atomic E-state index is 13.8. The molecule has 0 aliphatic carbocycles. The second-order valence-electron chi connectivity index (χ2n) is 6.56. The Kier molecular flexibility index (Phi) is 6.63. The van der Waals surface area contributed by atoms with Gasteiger partial charge in [-0.2, -0.15) is 0 Å². The Morgan fingerprint density at radius 1 is 1.43 bits per heavy atom. The standard InChI is InChI=1S/C20H20Cl2FN3O2/c1-11(18-14(21)4-5-15(23)19(18)22)28-17-8-12(9-26-20(17)24)2-3-13-6-7-25-10-16(13)27/h4-5,8-9,11,13,16,25,27H,6-7,10H2,1H3,(H2,24,26)/t11-,13?,16?/m1/s1. The van der Waals surface area contributed by atoms with E-state index >= 15 is 0 Å². The predicted molar refractivity (Wildman–Crippen MR) is 108 cm³/mol. The van der Waals surface area contributed by atoms with Gasteiger partial charge >= 0.3 is 0 Å². The quantitative estimate of drug-likeness (QED) is 0.519. The lowest BCUT2D eigenvalue weighted by atomic mass is 9.95. The van der Waals surface area contributed by atoms with Crippen LogP contribution in [0.5, 0.6) is 5.75 Å². The lowest BCUT2D eigenvalue weighted by molar-refractivity contribution is 0.109. The van der Waals surface area contributed by atoms with Gasteiger partial charge in [-0.1, -0.05) is 35.0 Å². The number of nitrogen functional groups attached to an aromatic ring is 1. The van der Waals surface area contributed by atoms with Gasteiger partial charge in [0.2, 0.25) is 0 Å². The first kappa shape index (κ1) is 20.7. The first-order valence-electron chi connectivity index (χ1n) is 8.82. The highest BCUT2D eigenvalue weighted by Gasteiger charge is 2.21. The zero-order valence-corrected chi connectivity index (χ0v) is 16.7. The molecule has 1 aromatic carbocycles. The molecular formula is C20H20Cl2FN3O2. The third kappa shape index (κ3) is 4.68. The molecule has 4 N–H and O–H groups in total. The Bertz CT molecular complexity index is 930. The Labute approximate surface area is 173 Å². The highest BCUT2D eigenvalue weighted by Crippen LogP contribution is 2.35. The van der Waals surface area contributed by atoms with E-state index in [-0.39, 0.29) is 16.8 Å². The van der Waals surface area contributed by atoms with Crippen LogP contribution in [0.3, 0.4) is 0 Å². The number of nitrogens with two attached hydrogens (primary N) is 1. The van der Waals surface area contributed by atoms with Crippen molar-refractivity contribution in [3.63, 3.8) is 0 Å². The fraction of sp³-hybridized carbons (Fsp3) is 0.350. The van der Waals surface area contributed by atoms with E-state index in [1.807, 2.05) is 0 Å². The molecule has 2 aromatic rings. The zero-order valence-electron chi connectivity index (χ0n) is 15.2. The maximum Gasteiger partial charge on any atom is 0.166 e. The Morgan fingerprint density at radius 2 is 2.21 bits per heavy atom. The number of aliphatic hydroxyl groups excluding tert-OH is 1. The minimum absolute atomic E-state index is 0.0950. The number of rotatable bonds is 3. The minimum Gasteiger partial charge on any atom is -0.482 e. The van der Waals surface area contributed by atoms with E-state index in [4.69, 9.17) is 33.7 Å². The fourth-order valence-electron chi connectivity index (χ4n) is 2.97. The lowest BCUT2D eigenvalue weighted by Crippen LogP contribution is -2.39. The van der Waals surface area contributed by atoms with E-state index in [0.717, 1.165) is 13.0 Å². The number of halogens is 3. The van der Waals surface area contributed by atoms with E-state index < -0.39 is 18.0 Å². The number of nitrogens with zero attached hydrogens (tertiary/aromatic N) is 1. The van der Waals surface area contributed by atoms with E-state index in [0.29, 0.717) is 28.4 Å². The van der Waals surface area contributed by atoms with Crippen molar-refractivity contribution in [3.8, 4) is 17.6 Å². The number of hydrogen-bond acceptors (Lipinski definition) is 5. The molecule has 2 unspecified atom stereocenters. The molecular weight excluding hydrogens is 404 g/mol. The van der Waals surface area contributed by atoms with Crippen LogP contribution in [-0.2, 0) is 0 Å². The molecule has 1 aromatic heterocycles. The monoisotopic (exact) mass is 423 g/mol. The van der Waals surface area contributed by atoms with Crippen LogP contribution in [0.25, 0.3) is 0 Å². The normalized spacial score (nSPS) is 20.2. The van der Waals surface area contributed by atoms with Gasteiger partial charge < -0.3 is 20.9 Å². The molecule has 1 aliphatic rings. The number of aromatic nitrogens is 1. The van der Waals surface area contributed by atoms with E-state index in [2.05, 4.69) is 22.1 Å². The van der Waals surface area contributed by atoms with Gasteiger partial charge in [-0.05, 0) is 32.0 Å². The van der Waals surface area contributed by atoms with Gasteiger partial charge in [-0.3, -0.25) is 0 Å². The van der Waals surface area contributed by atoms with E-state index in [1.165, 1.54) is 18.3 Å². The summed E-state index contributed by atoms with van der Waals surface area (Å²) in [6.45, 7) is 3.04. The summed E-state index contributed by atoms with van der Waals surface area (Å²) in [6.07, 6.45) is 1.15. The molecule has 0 saturated carbocycles. The number of hydrogen-bond donors (Lipinski definition) is 3. The average molecular weight is 424 g/mol. The minimum atomic E-state index is -0.658. The van der Waals surface area contributed by atoms with Crippen LogP contribution < -0.4 is 15.8 Å². The average Bonchev–Trinajstić information content (AvgIpc) is 2.67. The summed E-state index contributed by atoms with van der Waals surface area (Å²) < 4.78 is 19.6. The number of ether oxygens (including phenoxy) is 1. The Morgan fingerprint density at radius 3 is 2.96 bits per heavy atom. The number of benzene rings is 1. The molecule has 148 valence electrons. The SMILES string of the molecule is C[C@@H](Oc1cc(C#CC2CCNCC2O)cnc1N)c1c(Cl)ccc(F)c1Cl. The van der Waals surface area contributed by atoms with Crippen molar-refractivity contribution >= 4 is 29.0 Å². The Hall–Kier alpha value is -2.04. The summed E-state index contributed by atoms with van der Waals surface area (Å²) in [4.78, 5) is 4.11. The molecule has 1 saturated heterocycles. The van der Waals surface area contributed by atoms with Crippen molar-refractivity contribution in [1.82, 2.24) is 10.3 Å². The third-order valence-electron chi connectivity index (χ3n) is 4.52. The van der Waals surface area contributed by atoms with Gasteiger partial charge in [0.25, 0.3) is 0 Å². The summed E-state index contributed by atoms with van der Waals surface area (Å²) in [7, 11) is 0. The highest BCUT2D eigenvalue weighted by atomic mass is 35.5. The smallest absolute Gasteiger partial charge is 0.166 e. The molecule has 1 fully saturated rings. The molecule has 0 spiro atoms. The van der Waals surface area contributed by atoms with Crippen LogP contribution in [0.2, 0.25) is 10.0 Å². The number of β-amino-alcohol motifs (C(OH)–C–C–N with tert-alkyl or cyclic N) is 1. The van der Waals surface area contributed by atoms with Gasteiger partial charge in [0.15, 0.2) is 11.6 Å². The summed E-state index contributed by atoms with van der Waals surface area (Å²) in [5.74, 6) is 5.86. The van der Waals surface area contributed by atoms with E-state index in [9.17, 15) is 9.50 Å². The van der Waals surface area contributed by atoms with Crippen LogP contribution in [0.15, 0.2) is 24.4 Å². The van der Waals surface area contributed by atoms with Gasteiger partial charge in [-0.25, -0.2) is 9.37 Å². The second-order valence-corrected chi connectivity index (χ2v) is 7.35. The highest BCUT2D eigenvalue weighted by molar-refractivity contribution is 6.36. The van der Waals surface area contributed by atoms with Crippen molar-refractivity contribution in [1.29, 1.82) is 0 Å². The molecule has 2 heterocycles. The van der Waals surface area contributed by atoms with Gasteiger partial charge in [0.05, 0.1) is 11.1 Å². The molecule has 1 aliphatic heterocycles. The molecule has 3 atom stereocenters. The predicted octanol–water partition coefficient (Wildman–Crippen LogP) is 3.57. The molecule has 0 radical (unpaired) electrons. The van der Waals surface area contributed by atoms with Crippen LogP contribution in [0.1, 0.15) is 30.6 Å². The molecule has 0 bridgehead atoms. The maximum atomic E-state index is 13.8. The summed E-state index contributed by atoms with van der Waals surface area (Å²) in [5, 5.41) is 13.3. The molecule has 8 heteroatoms. The summed E-state index contributed by atoms with van der Waals surface area (Å²) >= 11 is 12.2. The van der Waals surface area contributed by atoms with Crippen LogP contribution in [-0.4, -0.2) is 29.3 Å². The van der Waals surface area contributed by atoms with Gasteiger partial charge in [0, 0.05) is 40.9 Å². The molecule has 5 nitrogen and oxygen atoms in total. The number of anilines is 1. The second kappa shape index (κ2) is 8.97. The molecule has 28 heavy (non-hydrogen) atoms. The fourth-order valence-corrected chi connectivity index (χ4v) is 3.65. The largest absolute Gasteiger partial charge is 0.482 e. The van der Waals surface area contributed by atoms with Gasteiger partial charge in [-0.15, -0.1) is 0 Å². The van der Waals surface area contributed by atoms with Crippen LogP contribution in [0.4, 0.5) is 10.2 Å². The van der Waals surface area contributed by atoms with Crippen molar-refractivity contribution < 1.29 is 14.2 Å². The lowest BCUT2D eigenvalue weighted by Gasteiger charge is -2.24.